The van der Waals surface area contributed by atoms with E-state index in [1.807, 2.05) is 24.3 Å². The number of thioether (sulfide) groups is 1. The van der Waals surface area contributed by atoms with Crippen molar-refractivity contribution in [2.75, 3.05) is 18.0 Å². The fourth-order valence-corrected chi connectivity index (χ4v) is 3.09. The van der Waals surface area contributed by atoms with Gasteiger partial charge in [-0.15, -0.1) is 22.0 Å². The number of benzene rings is 1. The fraction of sp³-hybridized carbons (Fsp3) is 0.308. The normalized spacial score (nSPS) is 10.4. The van der Waals surface area contributed by atoms with Crippen LogP contribution < -0.4 is 11.1 Å². The summed E-state index contributed by atoms with van der Waals surface area (Å²) in [6, 6.07) is 7.63. The van der Waals surface area contributed by atoms with E-state index in [-0.39, 0.29) is 5.91 Å². The van der Waals surface area contributed by atoms with E-state index in [0.717, 1.165) is 21.2 Å². The van der Waals surface area contributed by atoms with Crippen LogP contribution in [0.2, 0.25) is 0 Å². The summed E-state index contributed by atoms with van der Waals surface area (Å²) in [6.45, 7) is 2.60. The first kappa shape index (κ1) is 14.8. The fourth-order valence-electron chi connectivity index (χ4n) is 1.68. The molecule has 0 unspecified atom stereocenters. The van der Waals surface area contributed by atoms with Gasteiger partial charge in [0.1, 0.15) is 5.01 Å². The maximum absolute atomic E-state index is 12.2. The second-order valence-electron chi connectivity index (χ2n) is 3.97. The Morgan fingerprint density at radius 3 is 2.90 bits per heavy atom. The van der Waals surface area contributed by atoms with E-state index < -0.39 is 0 Å². The van der Waals surface area contributed by atoms with Crippen molar-refractivity contribution in [3.8, 4) is 0 Å². The minimum Gasteiger partial charge on any atom is -0.374 e. The number of carbonyl (C=O) groups excluding carboxylic acids is 1. The molecule has 0 atom stereocenters. The van der Waals surface area contributed by atoms with E-state index in [1.54, 1.807) is 11.8 Å². The molecular weight excluding hydrogens is 292 g/mol. The Labute approximate surface area is 126 Å². The van der Waals surface area contributed by atoms with Crippen molar-refractivity contribution in [2.24, 2.45) is 0 Å². The molecule has 2 aromatic rings. The first-order valence-electron chi connectivity index (χ1n) is 6.28. The van der Waals surface area contributed by atoms with Gasteiger partial charge < -0.3 is 11.1 Å². The van der Waals surface area contributed by atoms with Crippen LogP contribution >= 0.6 is 23.1 Å². The van der Waals surface area contributed by atoms with Gasteiger partial charge in [0.25, 0.3) is 5.91 Å². The SMILES string of the molecule is CCSc1ccccc1C(=O)NCCc1nnc(N)s1. The smallest absolute Gasteiger partial charge is 0.252 e. The van der Waals surface area contributed by atoms with Crippen LogP contribution in [0.3, 0.4) is 0 Å². The van der Waals surface area contributed by atoms with Crippen molar-refractivity contribution in [1.82, 2.24) is 15.5 Å². The molecule has 7 heteroatoms. The number of rotatable bonds is 6. The summed E-state index contributed by atoms with van der Waals surface area (Å²) in [5.74, 6) is 0.882. The molecular formula is C13H16N4OS2. The maximum Gasteiger partial charge on any atom is 0.252 e. The minimum absolute atomic E-state index is 0.0564. The van der Waals surface area contributed by atoms with E-state index in [4.69, 9.17) is 5.73 Å². The van der Waals surface area contributed by atoms with Gasteiger partial charge in [0.2, 0.25) is 5.13 Å². The summed E-state index contributed by atoms with van der Waals surface area (Å²) in [5, 5.41) is 11.9. The lowest BCUT2D eigenvalue weighted by molar-refractivity contribution is 0.0951. The number of carbonyl (C=O) groups is 1. The summed E-state index contributed by atoms with van der Waals surface area (Å²) in [4.78, 5) is 13.2. The van der Waals surface area contributed by atoms with Crippen LogP contribution in [0, 0.1) is 0 Å². The van der Waals surface area contributed by atoms with Crippen molar-refractivity contribution >= 4 is 34.1 Å². The molecule has 0 saturated carbocycles. The molecule has 106 valence electrons. The molecule has 0 aliphatic carbocycles. The summed E-state index contributed by atoms with van der Waals surface area (Å²) >= 11 is 3.01. The molecule has 1 aromatic carbocycles. The topological polar surface area (TPSA) is 80.9 Å². The number of hydrogen-bond acceptors (Lipinski definition) is 6. The highest BCUT2D eigenvalue weighted by Crippen LogP contribution is 2.22. The van der Waals surface area contributed by atoms with Gasteiger partial charge in [0.15, 0.2) is 0 Å². The Bertz CT molecular complexity index is 585. The Morgan fingerprint density at radius 2 is 2.20 bits per heavy atom. The highest BCUT2D eigenvalue weighted by atomic mass is 32.2. The first-order chi connectivity index (χ1) is 9.70. The van der Waals surface area contributed by atoms with E-state index in [0.29, 0.717) is 18.1 Å². The molecule has 20 heavy (non-hydrogen) atoms. The zero-order valence-electron chi connectivity index (χ0n) is 11.1. The number of nitrogens with two attached hydrogens (primary N) is 1. The molecule has 1 heterocycles. The molecule has 1 aromatic heterocycles. The number of nitrogens with zero attached hydrogens (tertiary/aromatic N) is 2. The third-order valence-electron chi connectivity index (χ3n) is 2.54. The lowest BCUT2D eigenvalue weighted by Gasteiger charge is -2.08. The van der Waals surface area contributed by atoms with Gasteiger partial charge in [0.05, 0.1) is 5.56 Å². The Balaban J connectivity index is 1.91. The molecule has 0 fully saturated rings. The van der Waals surface area contributed by atoms with Gasteiger partial charge in [-0.1, -0.05) is 30.4 Å². The largest absolute Gasteiger partial charge is 0.374 e. The summed E-state index contributed by atoms with van der Waals surface area (Å²) in [7, 11) is 0. The van der Waals surface area contributed by atoms with E-state index in [2.05, 4.69) is 22.4 Å². The maximum atomic E-state index is 12.2. The molecule has 1 amide bonds. The molecule has 3 N–H and O–H groups in total. The van der Waals surface area contributed by atoms with E-state index in [1.165, 1.54) is 11.3 Å². The zero-order valence-corrected chi connectivity index (χ0v) is 12.8. The monoisotopic (exact) mass is 308 g/mol. The summed E-state index contributed by atoms with van der Waals surface area (Å²) in [5.41, 5.74) is 6.23. The zero-order chi connectivity index (χ0) is 14.4. The number of nitrogen functional groups attached to an aromatic ring is 1. The average Bonchev–Trinajstić information content (AvgIpc) is 2.85. The quantitative estimate of drug-likeness (QED) is 0.800. The average molecular weight is 308 g/mol. The molecule has 5 nitrogen and oxygen atoms in total. The van der Waals surface area contributed by atoms with E-state index in [9.17, 15) is 4.79 Å². The highest BCUT2D eigenvalue weighted by Gasteiger charge is 2.10. The lowest BCUT2D eigenvalue weighted by Crippen LogP contribution is -2.26. The molecule has 0 saturated heterocycles. The van der Waals surface area contributed by atoms with Crippen LogP contribution in [-0.4, -0.2) is 28.4 Å². The standard InChI is InChI=1S/C13H16N4OS2/c1-2-19-10-6-4-3-5-9(10)12(18)15-8-7-11-16-17-13(14)20-11/h3-6H,2,7-8H2,1H3,(H2,14,17)(H,15,18). The molecule has 0 bridgehead atoms. The van der Waals surface area contributed by atoms with Crippen molar-refractivity contribution in [3.05, 3.63) is 34.8 Å². The number of aromatic nitrogens is 2. The summed E-state index contributed by atoms with van der Waals surface area (Å²) in [6.07, 6.45) is 0.643. The lowest BCUT2D eigenvalue weighted by atomic mass is 10.2. The minimum atomic E-state index is -0.0564. The van der Waals surface area contributed by atoms with Gasteiger partial charge in [-0.3, -0.25) is 4.79 Å². The number of anilines is 1. The number of nitrogens with one attached hydrogen (secondary N) is 1. The second kappa shape index (κ2) is 7.25. The van der Waals surface area contributed by atoms with Crippen LogP contribution in [0.5, 0.6) is 0 Å². The highest BCUT2D eigenvalue weighted by molar-refractivity contribution is 7.99. The predicted octanol–water partition coefficient (Wildman–Crippen LogP) is 2.20. The van der Waals surface area contributed by atoms with Gasteiger partial charge >= 0.3 is 0 Å². The van der Waals surface area contributed by atoms with Crippen LogP contribution in [0.1, 0.15) is 22.3 Å². The van der Waals surface area contributed by atoms with Gasteiger partial charge in [0, 0.05) is 17.9 Å². The molecule has 0 spiro atoms. The Kier molecular flexibility index (Phi) is 5.37. The van der Waals surface area contributed by atoms with Crippen molar-refractivity contribution in [3.63, 3.8) is 0 Å². The van der Waals surface area contributed by atoms with Crippen LogP contribution in [-0.2, 0) is 6.42 Å². The van der Waals surface area contributed by atoms with E-state index >= 15 is 0 Å². The Morgan fingerprint density at radius 1 is 1.40 bits per heavy atom. The van der Waals surface area contributed by atoms with Crippen LogP contribution in [0.15, 0.2) is 29.2 Å². The number of amides is 1. The van der Waals surface area contributed by atoms with Crippen molar-refractivity contribution < 1.29 is 4.79 Å². The van der Waals surface area contributed by atoms with Gasteiger partial charge in [-0.25, -0.2) is 0 Å². The number of hydrogen-bond donors (Lipinski definition) is 2. The first-order valence-corrected chi connectivity index (χ1v) is 8.08. The van der Waals surface area contributed by atoms with Gasteiger partial charge in [-0.05, 0) is 17.9 Å². The second-order valence-corrected chi connectivity index (χ2v) is 6.37. The predicted molar refractivity (Wildman–Crippen MR) is 83.2 cm³/mol. The molecule has 0 aliphatic rings. The molecule has 0 aliphatic heterocycles. The van der Waals surface area contributed by atoms with Crippen LogP contribution in [0.25, 0.3) is 0 Å². The van der Waals surface area contributed by atoms with Gasteiger partial charge in [-0.2, -0.15) is 0 Å². The van der Waals surface area contributed by atoms with Crippen LogP contribution in [0.4, 0.5) is 5.13 Å². The molecule has 0 radical (unpaired) electrons. The molecule has 2 rings (SSSR count). The summed E-state index contributed by atoms with van der Waals surface area (Å²) < 4.78 is 0. The third kappa shape index (κ3) is 3.94. The van der Waals surface area contributed by atoms with Crippen molar-refractivity contribution in [1.29, 1.82) is 0 Å². The van der Waals surface area contributed by atoms with Crippen molar-refractivity contribution in [2.45, 2.75) is 18.2 Å². The Hall–Kier alpha value is -1.60. The third-order valence-corrected chi connectivity index (χ3v) is 4.31.